The van der Waals surface area contributed by atoms with E-state index in [-0.39, 0.29) is 22.4 Å². The number of nitrogens with two attached hydrogens (primary N) is 1. The van der Waals surface area contributed by atoms with Crippen LogP contribution in [0.5, 0.6) is 0 Å². The first-order valence-electron chi connectivity index (χ1n) is 6.75. The molecule has 0 radical (unpaired) electrons. The second-order valence-corrected chi connectivity index (χ2v) is 7.41. The van der Waals surface area contributed by atoms with Crippen molar-refractivity contribution in [1.29, 1.82) is 0 Å². The van der Waals surface area contributed by atoms with Gasteiger partial charge in [0.15, 0.2) is 0 Å². The van der Waals surface area contributed by atoms with E-state index in [0.717, 1.165) is 37.5 Å². The molecule has 0 aromatic rings. The van der Waals surface area contributed by atoms with E-state index in [1.54, 1.807) is 0 Å². The summed E-state index contributed by atoms with van der Waals surface area (Å²) in [5, 5.41) is 0. The minimum absolute atomic E-state index is 0.0259. The Kier molecular flexibility index (Phi) is 2.07. The summed E-state index contributed by atoms with van der Waals surface area (Å²) < 4.78 is 5.67. The van der Waals surface area contributed by atoms with Gasteiger partial charge in [-0.2, -0.15) is 0 Å². The highest BCUT2D eigenvalue weighted by Gasteiger charge is 2.74. The van der Waals surface area contributed by atoms with E-state index in [1.165, 1.54) is 0 Å². The van der Waals surface area contributed by atoms with Gasteiger partial charge < -0.3 is 10.5 Å². The second-order valence-electron chi connectivity index (χ2n) is 7.41. The molecule has 0 saturated heterocycles. The summed E-state index contributed by atoms with van der Waals surface area (Å²) >= 11 is 0. The van der Waals surface area contributed by atoms with Gasteiger partial charge in [0.1, 0.15) is 5.60 Å². The highest BCUT2D eigenvalue weighted by Crippen LogP contribution is 2.76. The zero-order valence-electron chi connectivity index (χ0n) is 11.1. The van der Waals surface area contributed by atoms with Crippen LogP contribution >= 0.6 is 0 Å². The summed E-state index contributed by atoms with van der Waals surface area (Å²) in [4.78, 5) is 12.6. The topological polar surface area (TPSA) is 52.3 Å². The van der Waals surface area contributed by atoms with Gasteiger partial charge in [-0.3, -0.25) is 4.79 Å². The lowest BCUT2D eigenvalue weighted by molar-refractivity contribution is -0.172. The summed E-state index contributed by atoms with van der Waals surface area (Å²) in [6, 6.07) is 0. The molecule has 4 fully saturated rings. The van der Waals surface area contributed by atoms with Crippen molar-refractivity contribution < 1.29 is 9.53 Å². The summed E-state index contributed by atoms with van der Waals surface area (Å²) in [7, 11) is 0. The molecule has 4 bridgehead atoms. The molecule has 2 unspecified atom stereocenters. The fraction of sp³-hybridized carbons (Fsp3) is 0.929. The van der Waals surface area contributed by atoms with E-state index < -0.39 is 0 Å². The van der Waals surface area contributed by atoms with Crippen molar-refractivity contribution in [2.45, 2.75) is 52.1 Å². The Labute approximate surface area is 103 Å². The first kappa shape index (κ1) is 11.5. The molecule has 2 atom stereocenters. The Bertz CT molecular complexity index is 355. The van der Waals surface area contributed by atoms with Crippen LogP contribution in [0.2, 0.25) is 0 Å². The second kappa shape index (κ2) is 3.05. The van der Waals surface area contributed by atoms with E-state index in [9.17, 15) is 4.79 Å². The van der Waals surface area contributed by atoms with E-state index in [1.807, 2.05) is 20.8 Å². The van der Waals surface area contributed by atoms with Crippen molar-refractivity contribution >= 4 is 5.97 Å². The van der Waals surface area contributed by atoms with Gasteiger partial charge in [-0.1, -0.05) is 0 Å². The number of carbonyl (C=O) groups is 1. The molecule has 96 valence electrons. The zero-order chi connectivity index (χ0) is 12.5. The van der Waals surface area contributed by atoms with E-state index in [0.29, 0.717) is 6.54 Å². The van der Waals surface area contributed by atoms with Gasteiger partial charge in [0.2, 0.25) is 0 Å². The Morgan fingerprint density at radius 1 is 1.24 bits per heavy atom. The molecular weight excluding hydrogens is 214 g/mol. The first-order valence-corrected chi connectivity index (χ1v) is 6.75. The fourth-order valence-corrected chi connectivity index (χ4v) is 4.82. The Balaban J connectivity index is 1.90. The molecule has 0 aromatic carbocycles. The van der Waals surface area contributed by atoms with Crippen molar-refractivity contribution in [3.8, 4) is 0 Å². The number of rotatable bonds is 2. The summed E-state index contributed by atoms with van der Waals surface area (Å²) in [5.41, 5.74) is 5.46. The minimum atomic E-state index is -0.382. The first-order chi connectivity index (χ1) is 7.82. The number of ether oxygens (including phenoxy) is 1. The largest absolute Gasteiger partial charge is 0.460 e. The minimum Gasteiger partial charge on any atom is -0.460 e. The average Bonchev–Trinajstić information content (AvgIpc) is 2.83. The molecule has 4 aliphatic rings. The molecule has 0 spiro atoms. The molecule has 0 heterocycles. The molecule has 0 aromatic heterocycles. The molecule has 0 amide bonds. The highest BCUT2D eigenvalue weighted by molar-refractivity contribution is 5.80. The smallest absolute Gasteiger partial charge is 0.313 e. The van der Waals surface area contributed by atoms with E-state index in [4.69, 9.17) is 10.5 Å². The maximum atomic E-state index is 12.6. The summed E-state index contributed by atoms with van der Waals surface area (Å²) in [5.74, 6) is 1.51. The summed E-state index contributed by atoms with van der Waals surface area (Å²) in [6.07, 6.45) is 4.38. The number of hydrogen-bond donors (Lipinski definition) is 1. The maximum absolute atomic E-state index is 12.6. The van der Waals surface area contributed by atoms with Crippen LogP contribution < -0.4 is 5.73 Å². The predicted octanol–water partition coefficient (Wildman–Crippen LogP) is 2.09. The molecule has 4 aliphatic carbocycles. The van der Waals surface area contributed by atoms with Crippen LogP contribution in [0.1, 0.15) is 46.5 Å². The van der Waals surface area contributed by atoms with Crippen LogP contribution in [0.4, 0.5) is 0 Å². The predicted molar refractivity (Wildman–Crippen MR) is 65.2 cm³/mol. The third-order valence-corrected chi connectivity index (χ3v) is 5.39. The van der Waals surface area contributed by atoms with Crippen LogP contribution in [0.3, 0.4) is 0 Å². The van der Waals surface area contributed by atoms with Crippen molar-refractivity contribution in [1.82, 2.24) is 0 Å². The van der Waals surface area contributed by atoms with Gasteiger partial charge in [-0.05, 0) is 70.3 Å². The zero-order valence-corrected chi connectivity index (χ0v) is 11.1. The molecule has 4 saturated carbocycles. The Morgan fingerprint density at radius 3 is 2.18 bits per heavy atom. The molecule has 17 heavy (non-hydrogen) atoms. The van der Waals surface area contributed by atoms with Gasteiger partial charge >= 0.3 is 5.97 Å². The molecule has 3 heteroatoms. The van der Waals surface area contributed by atoms with Crippen LogP contribution in [0.15, 0.2) is 0 Å². The monoisotopic (exact) mass is 237 g/mol. The SMILES string of the molecule is CC(C)(C)OC(=O)C12CC3CC1(CN)CC3C2. The van der Waals surface area contributed by atoms with Crippen molar-refractivity contribution in [2.24, 2.45) is 28.4 Å². The number of esters is 1. The van der Waals surface area contributed by atoms with Crippen LogP contribution in [-0.4, -0.2) is 18.1 Å². The Morgan fingerprint density at radius 2 is 1.76 bits per heavy atom. The van der Waals surface area contributed by atoms with Crippen molar-refractivity contribution in [2.75, 3.05) is 6.54 Å². The lowest BCUT2D eigenvalue weighted by atomic mass is 9.68. The highest BCUT2D eigenvalue weighted by atomic mass is 16.6. The maximum Gasteiger partial charge on any atom is 0.313 e. The van der Waals surface area contributed by atoms with E-state index >= 15 is 0 Å². The van der Waals surface area contributed by atoms with Gasteiger partial charge in [0.05, 0.1) is 5.41 Å². The fourth-order valence-electron chi connectivity index (χ4n) is 4.82. The molecule has 0 aliphatic heterocycles. The summed E-state index contributed by atoms with van der Waals surface area (Å²) in [6.45, 7) is 6.49. The third kappa shape index (κ3) is 1.29. The third-order valence-electron chi connectivity index (χ3n) is 5.39. The molecule has 4 rings (SSSR count). The van der Waals surface area contributed by atoms with Crippen molar-refractivity contribution in [3.05, 3.63) is 0 Å². The number of carbonyl (C=O) groups excluding carboxylic acids is 1. The standard InChI is InChI=1S/C14H23NO2/c1-12(2,3)17-11(16)14-6-9-4-13(14,8-15)5-10(9)7-14/h9-10H,4-8,15H2,1-3H3. The van der Waals surface area contributed by atoms with Gasteiger partial charge in [0.25, 0.3) is 0 Å². The normalized spacial score (nSPS) is 46.8. The van der Waals surface area contributed by atoms with Gasteiger partial charge in [-0.15, -0.1) is 0 Å². The lowest BCUT2D eigenvalue weighted by Gasteiger charge is -2.39. The van der Waals surface area contributed by atoms with E-state index in [2.05, 4.69) is 0 Å². The van der Waals surface area contributed by atoms with Crippen LogP contribution in [0, 0.1) is 22.7 Å². The van der Waals surface area contributed by atoms with Gasteiger partial charge in [-0.25, -0.2) is 0 Å². The van der Waals surface area contributed by atoms with Gasteiger partial charge in [0, 0.05) is 0 Å². The van der Waals surface area contributed by atoms with Crippen molar-refractivity contribution in [3.63, 3.8) is 0 Å². The lowest BCUT2D eigenvalue weighted by Crippen LogP contribution is -2.47. The number of hydrogen-bond acceptors (Lipinski definition) is 3. The average molecular weight is 237 g/mol. The molecular formula is C14H23NO2. The quantitative estimate of drug-likeness (QED) is 0.748. The Hall–Kier alpha value is -0.570. The molecule has 3 nitrogen and oxygen atoms in total. The van der Waals surface area contributed by atoms with Crippen LogP contribution in [0.25, 0.3) is 0 Å². The van der Waals surface area contributed by atoms with Crippen LogP contribution in [-0.2, 0) is 9.53 Å². The molecule has 2 N–H and O–H groups in total.